The summed E-state index contributed by atoms with van der Waals surface area (Å²) in [6.07, 6.45) is 5.99. The number of aromatic carboxylic acids is 1. The second-order valence-electron chi connectivity index (χ2n) is 3.90. The molecule has 0 radical (unpaired) electrons. The third kappa shape index (κ3) is 3.55. The Labute approximate surface area is 121 Å². The molecule has 17 heavy (non-hydrogen) atoms. The molecule has 86 valence electrons. The third-order valence-electron chi connectivity index (χ3n) is 2.70. The zero-order valence-electron chi connectivity index (χ0n) is 9.77. The zero-order chi connectivity index (χ0) is 11.5. The molecule has 1 saturated carbocycles. The maximum Gasteiger partial charge on any atom is 1.00 e. The van der Waals surface area contributed by atoms with Crippen LogP contribution in [0.3, 0.4) is 0 Å². The van der Waals surface area contributed by atoms with Gasteiger partial charge in [0.2, 0.25) is 0 Å². The number of nitrogens with two attached hydrogens (primary N) is 1. The predicted molar refractivity (Wildman–Crippen MR) is 56.7 cm³/mol. The second kappa shape index (κ2) is 6.18. The molecule has 0 unspecified atom stereocenters. The monoisotopic (exact) mass is 244 g/mol. The summed E-state index contributed by atoms with van der Waals surface area (Å²) in [5.74, 6) is -0.991. The number of aromatic nitrogens is 2. The molecule has 1 heterocycles. The SMILES string of the molecule is Nc1nc(NC2CCCC2)cnc1C(=O)[O-].[Na+]. The van der Waals surface area contributed by atoms with E-state index in [1.54, 1.807) is 0 Å². The fourth-order valence-electron chi connectivity index (χ4n) is 1.91. The Hall–Kier alpha value is -0.850. The molecule has 0 aliphatic heterocycles. The van der Waals surface area contributed by atoms with Crippen molar-refractivity contribution in [1.82, 2.24) is 9.97 Å². The molecule has 0 amide bonds. The first kappa shape index (κ1) is 14.2. The summed E-state index contributed by atoms with van der Waals surface area (Å²) in [5.41, 5.74) is 5.15. The van der Waals surface area contributed by atoms with Gasteiger partial charge in [-0.15, -0.1) is 0 Å². The summed E-state index contributed by atoms with van der Waals surface area (Å²) in [6.45, 7) is 0. The van der Waals surface area contributed by atoms with Crippen LogP contribution in [0.5, 0.6) is 0 Å². The molecule has 1 fully saturated rings. The molecule has 0 saturated heterocycles. The number of nitrogen functional groups attached to an aromatic ring is 1. The zero-order valence-corrected chi connectivity index (χ0v) is 11.8. The predicted octanol–water partition coefficient (Wildman–Crippen LogP) is -3.22. The molecular formula is C10H13N4NaO2. The van der Waals surface area contributed by atoms with Crippen LogP contribution in [0.25, 0.3) is 0 Å². The molecule has 0 aromatic carbocycles. The number of nitrogens with zero attached hydrogens (tertiary/aromatic N) is 2. The van der Waals surface area contributed by atoms with Crippen molar-refractivity contribution in [2.24, 2.45) is 0 Å². The number of carboxylic acids is 1. The van der Waals surface area contributed by atoms with Gasteiger partial charge in [-0.1, -0.05) is 12.8 Å². The topological polar surface area (TPSA) is 104 Å². The quantitative estimate of drug-likeness (QED) is 0.542. The van der Waals surface area contributed by atoms with Crippen molar-refractivity contribution in [1.29, 1.82) is 0 Å². The van der Waals surface area contributed by atoms with Crippen LogP contribution in [0.1, 0.15) is 36.2 Å². The van der Waals surface area contributed by atoms with E-state index in [0.29, 0.717) is 11.9 Å². The fraction of sp³-hybridized carbons (Fsp3) is 0.500. The number of anilines is 2. The van der Waals surface area contributed by atoms with Crippen molar-refractivity contribution in [2.75, 3.05) is 11.1 Å². The molecule has 1 aliphatic rings. The number of carboxylic acid groups (broad SMARTS) is 1. The molecule has 1 aromatic rings. The van der Waals surface area contributed by atoms with Crippen LogP contribution in [0, 0.1) is 0 Å². The van der Waals surface area contributed by atoms with Crippen molar-refractivity contribution in [3.8, 4) is 0 Å². The third-order valence-corrected chi connectivity index (χ3v) is 2.70. The summed E-state index contributed by atoms with van der Waals surface area (Å²) in [4.78, 5) is 18.2. The van der Waals surface area contributed by atoms with Crippen LogP contribution in [0.2, 0.25) is 0 Å². The van der Waals surface area contributed by atoms with Gasteiger partial charge in [-0.3, -0.25) is 0 Å². The van der Waals surface area contributed by atoms with Crippen molar-refractivity contribution in [3.63, 3.8) is 0 Å². The molecule has 0 spiro atoms. The Balaban J connectivity index is 0.00000144. The Kier molecular flexibility index (Phi) is 5.17. The van der Waals surface area contributed by atoms with Crippen LogP contribution in [0.4, 0.5) is 11.6 Å². The van der Waals surface area contributed by atoms with Crippen LogP contribution in [-0.2, 0) is 0 Å². The smallest absolute Gasteiger partial charge is 0.543 e. The fourth-order valence-corrected chi connectivity index (χ4v) is 1.91. The minimum Gasteiger partial charge on any atom is -0.543 e. The van der Waals surface area contributed by atoms with Crippen molar-refractivity contribution < 1.29 is 39.5 Å². The van der Waals surface area contributed by atoms with Crippen LogP contribution in [-0.4, -0.2) is 22.0 Å². The first-order valence-corrected chi connectivity index (χ1v) is 5.27. The average molecular weight is 244 g/mol. The molecule has 1 aromatic heterocycles. The van der Waals surface area contributed by atoms with Gasteiger partial charge in [0, 0.05) is 6.04 Å². The van der Waals surface area contributed by atoms with Gasteiger partial charge in [0.1, 0.15) is 11.5 Å². The van der Waals surface area contributed by atoms with E-state index < -0.39 is 5.97 Å². The normalized spacial score (nSPS) is 15.3. The maximum atomic E-state index is 10.6. The van der Waals surface area contributed by atoms with E-state index in [9.17, 15) is 9.90 Å². The van der Waals surface area contributed by atoms with E-state index in [0.717, 1.165) is 12.8 Å². The number of rotatable bonds is 3. The molecule has 0 atom stereocenters. The first-order valence-electron chi connectivity index (χ1n) is 5.27. The molecule has 7 heteroatoms. The molecule has 2 rings (SSSR count). The van der Waals surface area contributed by atoms with Crippen LogP contribution in [0.15, 0.2) is 6.20 Å². The van der Waals surface area contributed by atoms with Gasteiger partial charge in [0.05, 0.1) is 12.2 Å². The van der Waals surface area contributed by atoms with Gasteiger partial charge in [0.25, 0.3) is 0 Å². The minimum absolute atomic E-state index is 0. The van der Waals surface area contributed by atoms with Gasteiger partial charge in [-0.05, 0) is 12.8 Å². The molecule has 3 N–H and O–H groups in total. The Morgan fingerprint density at radius 2 is 2.12 bits per heavy atom. The van der Waals surface area contributed by atoms with E-state index in [2.05, 4.69) is 15.3 Å². The second-order valence-corrected chi connectivity index (χ2v) is 3.90. The largest absolute Gasteiger partial charge is 1.00 e. The van der Waals surface area contributed by atoms with E-state index in [4.69, 9.17) is 5.73 Å². The van der Waals surface area contributed by atoms with Gasteiger partial charge in [-0.25, -0.2) is 9.97 Å². The number of nitrogens with one attached hydrogen (secondary N) is 1. The summed E-state index contributed by atoms with van der Waals surface area (Å²) in [7, 11) is 0. The Morgan fingerprint density at radius 3 is 2.65 bits per heavy atom. The summed E-state index contributed by atoms with van der Waals surface area (Å²) in [6, 6.07) is 0.391. The summed E-state index contributed by atoms with van der Waals surface area (Å²) in [5, 5.41) is 13.7. The number of carbonyl (C=O) groups is 1. The standard InChI is InChI=1S/C10H14N4O2.Na/c11-9-8(10(15)16)12-5-7(14-9)13-6-3-1-2-4-6;/h5-6H,1-4H2,(H,15,16)(H3,11,13,14);/q;+1/p-1. The molecule has 0 bridgehead atoms. The molecule has 6 nitrogen and oxygen atoms in total. The van der Waals surface area contributed by atoms with Gasteiger partial charge >= 0.3 is 29.6 Å². The number of carbonyl (C=O) groups excluding carboxylic acids is 1. The maximum absolute atomic E-state index is 10.6. The van der Waals surface area contributed by atoms with Gasteiger partial charge < -0.3 is 21.0 Å². The Morgan fingerprint density at radius 1 is 1.47 bits per heavy atom. The van der Waals surface area contributed by atoms with E-state index in [1.165, 1.54) is 19.0 Å². The van der Waals surface area contributed by atoms with Gasteiger partial charge in [-0.2, -0.15) is 0 Å². The summed E-state index contributed by atoms with van der Waals surface area (Å²) >= 11 is 0. The van der Waals surface area contributed by atoms with Gasteiger partial charge in [0.15, 0.2) is 5.82 Å². The molecular weight excluding hydrogens is 231 g/mol. The average Bonchev–Trinajstić information content (AvgIpc) is 2.70. The van der Waals surface area contributed by atoms with Crippen molar-refractivity contribution in [3.05, 3.63) is 11.9 Å². The van der Waals surface area contributed by atoms with Crippen LogP contribution >= 0.6 is 0 Å². The number of hydrogen-bond donors (Lipinski definition) is 2. The van der Waals surface area contributed by atoms with E-state index in [-0.39, 0.29) is 41.1 Å². The number of hydrogen-bond acceptors (Lipinski definition) is 6. The molecule has 1 aliphatic carbocycles. The van der Waals surface area contributed by atoms with E-state index in [1.807, 2.05) is 0 Å². The first-order chi connectivity index (χ1) is 7.66. The van der Waals surface area contributed by atoms with Crippen LogP contribution < -0.4 is 45.7 Å². The minimum atomic E-state index is -1.41. The Bertz CT molecular complexity index is 407. The van der Waals surface area contributed by atoms with E-state index >= 15 is 0 Å². The van der Waals surface area contributed by atoms with Crippen molar-refractivity contribution >= 4 is 17.6 Å². The summed E-state index contributed by atoms with van der Waals surface area (Å²) < 4.78 is 0. The van der Waals surface area contributed by atoms with Crippen molar-refractivity contribution in [2.45, 2.75) is 31.7 Å².